The van der Waals surface area contributed by atoms with Crippen molar-refractivity contribution in [3.05, 3.63) is 50.9 Å². The summed E-state index contributed by atoms with van der Waals surface area (Å²) in [4.78, 5) is 48.1. The smallest absolute Gasteiger partial charge is 0.259 e. The number of amides is 2. The van der Waals surface area contributed by atoms with Crippen molar-refractivity contribution in [3.63, 3.8) is 0 Å². The van der Waals surface area contributed by atoms with Gasteiger partial charge in [0.05, 0.1) is 16.9 Å². The van der Waals surface area contributed by atoms with Crippen LogP contribution in [0.25, 0.3) is 10.2 Å². The SMILES string of the molecule is NC(=O)C1CCN(c2ccc(NC(=O)CSCc3nc4sc5c(c4c(=O)[nH]3)CCC5)cc2)CC1. The molecule has 2 aromatic heterocycles. The fourth-order valence-electron chi connectivity index (χ4n) is 4.73. The summed E-state index contributed by atoms with van der Waals surface area (Å²) in [6, 6.07) is 7.74. The van der Waals surface area contributed by atoms with Crippen LogP contribution in [0.5, 0.6) is 0 Å². The van der Waals surface area contributed by atoms with E-state index in [-0.39, 0.29) is 29.0 Å². The number of piperidine rings is 1. The van der Waals surface area contributed by atoms with Gasteiger partial charge in [0.2, 0.25) is 11.8 Å². The number of H-pyrrole nitrogens is 1. The van der Waals surface area contributed by atoms with Crippen LogP contribution in [-0.4, -0.2) is 40.6 Å². The molecule has 2 amide bonds. The lowest BCUT2D eigenvalue weighted by Gasteiger charge is -2.32. The number of benzene rings is 1. The highest BCUT2D eigenvalue weighted by molar-refractivity contribution is 7.99. The number of fused-ring (bicyclic) bond motifs is 3. The van der Waals surface area contributed by atoms with Crippen molar-refractivity contribution >= 4 is 56.5 Å². The summed E-state index contributed by atoms with van der Waals surface area (Å²) in [5.74, 6) is 1.01. The predicted octanol–water partition coefficient (Wildman–Crippen LogP) is 3.05. The molecule has 0 radical (unpaired) electrons. The van der Waals surface area contributed by atoms with E-state index in [9.17, 15) is 14.4 Å². The van der Waals surface area contributed by atoms with E-state index in [1.54, 1.807) is 11.3 Å². The lowest BCUT2D eigenvalue weighted by molar-refractivity contribution is -0.122. The van der Waals surface area contributed by atoms with Gasteiger partial charge in [-0.15, -0.1) is 23.1 Å². The number of primary amides is 1. The summed E-state index contributed by atoms with van der Waals surface area (Å²) >= 11 is 3.05. The van der Waals surface area contributed by atoms with Crippen LogP contribution < -0.4 is 21.5 Å². The van der Waals surface area contributed by atoms with Crippen LogP contribution in [0.1, 0.15) is 35.5 Å². The molecule has 1 fully saturated rings. The number of aromatic nitrogens is 2. The molecule has 3 heterocycles. The molecule has 1 aromatic carbocycles. The summed E-state index contributed by atoms with van der Waals surface area (Å²) in [5, 5.41) is 3.67. The molecule has 1 aliphatic carbocycles. The van der Waals surface area contributed by atoms with Gasteiger partial charge in [0.15, 0.2) is 0 Å². The van der Waals surface area contributed by atoms with E-state index in [4.69, 9.17) is 5.73 Å². The first-order valence-electron chi connectivity index (χ1n) is 11.5. The molecule has 3 aromatic rings. The zero-order chi connectivity index (χ0) is 23.7. The molecule has 1 saturated heterocycles. The molecule has 0 spiro atoms. The second kappa shape index (κ2) is 9.79. The third-order valence-electron chi connectivity index (χ3n) is 6.51. The van der Waals surface area contributed by atoms with Gasteiger partial charge in [-0.05, 0) is 61.9 Å². The van der Waals surface area contributed by atoms with E-state index < -0.39 is 0 Å². The van der Waals surface area contributed by atoms with Crippen molar-refractivity contribution in [1.29, 1.82) is 0 Å². The number of aromatic amines is 1. The number of carbonyl (C=O) groups is 2. The minimum Gasteiger partial charge on any atom is -0.371 e. The zero-order valence-corrected chi connectivity index (χ0v) is 20.4. The molecule has 178 valence electrons. The van der Waals surface area contributed by atoms with Gasteiger partial charge in [0.25, 0.3) is 5.56 Å². The largest absolute Gasteiger partial charge is 0.371 e. The molecular formula is C24H27N5O3S2. The normalized spacial score (nSPS) is 16.1. The lowest BCUT2D eigenvalue weighted by Crippen LogP contribution is -2.38. The van der Waals surface area contributed by atoms with Crippen molar-refractivity contribution < 1.29 is 9.59 Å². The van der Waals surface area contributed by atoms with Crippen molar-refractivity contribution in [2.24, 2.45) is 11.7 Å². The van der Waals surface area contributed by atoms with Crippen LogP contribution in [0.4, 0.5) is 11.4 Å². The first kappa shape index (κ1) is 22.9. The summed E-state index contributed by atoms with van der Waals surface area (Å²) in [6.07, 6.45) is 4.65. The Kier molecular flexibility index (Phi) is 6.60. The quantitative estimate of drug-likeness (QED) is 0.461. The van der Waals surface area contributed by atoms with Gasteiger partial charge in [0.1, 0.15) is 10.7 Å². The Labute approximate surface area is 205 Å². The Morgan fingerprint density at radius 1 is 1.21 bits per heavy atom. The van der Waals surface area contributed by atoms with Gasteiger partial charge in [-0.25, -0.2) is 4.98 Å². The van der Waals surface area contributed by atoms with Crippen LogP contribution in [-0.2, 0) is 28.2 Å². The monoisotopic (exact) mass is 497 g/mol. The summed E-state index contributed by atoms with van der Waals surface area (Å²) in [7, 11) is 0. The Morgan fingerprint density at radius 2 is 1.97 bits per heavy atom. The number of nitrogens with two attached hydrogens (primary N) is 1. The molecule has 5 rings (SSSR count). The Morgan fingerprint density at radius 3 is 2.71 bits per heavy atom. The molecule has 34 heavy (non-hydrogen) atoms. The number of rotatable bonds is 7. The van der Waals surface area contributed by atoms with Gasteiger partial charge in [-0.3, -0.25) is 14.4 Å². The third-order valence-corrected chi connectivity index (χ3v) is 8.64. The average molecular weight is 498 g/mol. The molecule has 0 atom stereocenters. The molecule has 8 nitrogen and oxygen atoms in total. The van der Waals surface area contributed by atoms with Crippen LogP contribution in [0, 0.1) is 5.92 Å². The molecule has 0 saturated carbocycles. The number of anilines is 2. The molecule has 10 heteroatoms. The van der Waals surface area contributed by atoms with E-state index in [0.29, 0.717) is 11.6 Å². The second-order valence-electron chi connectivity index (χ2n) is 8.80. The van der Waals surface area contributed by atoms with Crippen molar-refractivity contribution in [2.75, 3.05) is 29.1 Å². The highest BCUT2D eigenvalue weighted by Crippen LogP contribution is 2.34. The number of thiophene rings is 1. The van der Waals surface area contributed by atoms with Crippen LogP contribution in [0.2, 0.25) is 0 Å². The van der Waals surface area contributed by atoms with Crippen LogP contribution >= 0.6 is 23.1 Å². The van der Waals surface area contributed by atoms with E-state index in [1.807, 2.05) is 24.3 Å². The number of hydrogen-bond donors (Lipinski definition) is 3. The first-order valence-corrected chi connectivity index (χ1v) is 13.5. The summed E-state index contributed by atoms with van der Waals surface area (Å²) in [5.41, 5.74) is 8.33. The topological polar surface area (TPSA) is 121 Å². The molecule has 2 aliphatic rings. The molecular weight excluding hydrogens is 470 g/mol. The summed E-state index contributed by atoms with van der Waals surface area (Å²) in [6.45, 7) is 1.60. The van der Waals surface area contributed by atoms with Gasteiger partial charge in [-0.1, -0.05) is 0 Å². The van der Waals surface area contributed by atoms with E-state index >= 15 is 0 Å². The predicted molar refractivity (Wildman–Crippen MR) is 138 cm³/mol. The number of nitrogens with zero attached hydrogens (tertiary/aromatic N) is 2. The third kappa shape index (κ3) is 4.83. The van der Waals surface area contributed by atoms with Crippen molar-refractivity contribution in [3.8, 4) is 0 Å². The van der Waals surface area contributed by atoms with Gasteiger partial charge >= 0.3 is 0 Å². The van der Waals surface area contributed by atoms with E-state index in [0.717, 1.165) is 66.8 Å². The fraction of sp³-hybridized carbons (Fsp3) is 0.417. The van der Waals surface area contributed by atoms with Crippen LogP contribution in [0.3, 0.4) is 0 Å². The zero-order valence-electron chi connectivity index (χ0n) is 18.8. The van der Waals surface area contributed by atoms with E-state index in [2.05, 4.69) is 20.2 Å². The Balaban J connectivity index is 1.11. The van der Waals surface area contributed by atoms with E-state index in [1.165, 1.54) is 22.2 Å². The van der Waals surface area contributed by atoms with Crippen molar-refractivity contribution in [2.45, 2.75) is 37.9 Å². The number of thioether (sulfide) groups is 1. The highest BCUT2D eigenvalue weighted by atomic mass is 32.2. The molecule has 1 aliphatic heterocycles. The maximum Gasteiger partial charge on any atom is 0.259 e. The Hall–Kier alpha value is -2.85. The van der Waals surface area contributed by atoms with Gasteiger partial charge in [0, 0.05) is 35.3 Å². The lowest BCUT2D eigenvalue weighted by atomic mass is 9.96. The van der Waals surface area contributed by atoms with Crippen molar-refractivity contribution in [1.82, 2.24) is 9.97 Å². The molecule has 4 N–H and O–H groups in total. The minimum absolute atomic E-state index is 0.0339. The Bertz CT molecular complexity index is 1280. The summed E-state index contributed by atoms with van der Waals surface area (Å²) < 4.78 is 0. The number of aryl methyl sites for hydroxylation is 2. The van der Waals surface area contributed by atoms with Gasteiger partial charge < -0.3 is 20.9 Å². The standard InChI is InChI=1S/C24H27N5O3S2/c25-22(31)14-8-10-29(11-9-14)16-6-4-15(5-7-16)26-20(30)13-33-12-19-27-23(32)21-17-2-1-3-18(17)34-24(21)28-19/h4-7,14H,1-3,8-13H2,(H2,25,31)(H,26,30)(H,27,28,32). The van der Waals surface area contributed by atoms with Gasteiger partial charge in [-0.2, -0.15) is 0 Å². The molecule has 0 unspecified atom stereocenters. The maximum atomic E-state index is 12.5. The number of carbonyl (C=O) groups excluding carboxylic acids is 2. The fourth-order valence-corrected chi connectivity index (χ4v) is 6.70. The number of hydrogen-bond acceptors (Lipinski definition) is 7. The average Bonchev–Trinajstić information content (AvgIpc) is 3.41. The maximum absolute atomic E-state index is 12.5. The van der Waals surface area contributed by atoms with Crippen LogP contribution in [0.15, 0.2) is 29.1 Å². The minimum atomic E-state index is -0.215. The molecule has 0 bridgehead atoms. The second-order valence-corrected chi connectivity index (χ2v) is 10.9. The first-order chi connectivity index (χ1) is 16.5. The highest BCUT2D eigenvalue weighted by Gasteiger charge is 2.23. The number of nitrogens with one attached hydrogen (secondary N) is 2.